The molecule has 21 heavy (non-hydrogen) atoms. The third-order valence-corrected chi connectivity index (χ3v) is 3.46. The van der Waals surface area contributed by atoms with Gasteiger partial charge in [0.15, 0.2) is 0 Å². The first-order chi connectivity index (χ1) is 10.2. The minimum absolute atomic E-state index is 0.0751. The molecule has 0 atom stereocenters. The SMILES string of the molecule is COc1ccc([N+](=O)[O-])c(-c2ccc3ccccc3c2)c1. The standard InChI is InChI=1S/C17H13NO3/c1-21-15-8-9-17(18(19)20)16(11-15)14-7-6-12-4-2-3-5-13(12)10-14/h2-11H,1H3. The van der Waals surface area contributed by atoms with Gasteiger partial charge in [-0.2, -0.15) is 0 Å². The van der Waals surface area contributed by atoms with E-state index in [9.17, 15) is 10.1 Å². The molecule has 0 aromatic heterocycles. The molecule has 3 aromatic rings. The first-order valence-corrected chi connectivity index (χ1v) is 6.50. The molecular formula is C17H13NO3. The highest BCUT2D eigenvalue weighted by molar-refractivity contribution is 5.89. The molecule has 3 rings (SSSR count). The fourth-order valence-electron chi connectivity index (χ4n) is 2.39. The maximum absolute atomic E-state index is 11.2. The van der Waals surface area contributed by atoms with Crippen molar-refractivity contribution in [3.05, 3.63) is 70.8 Å². The van der Waals surface area contributed by atoms with Crippen molar-refractivity contribution in [2.24, 2.45) is 0 Å². The topological polar surface area (TPSA) is 52.4 Å². The molecule has 0 aliphatic heterocycles. The summed E-state index contributed by atoms with van der Waals surface area (Å²) in [5.74, 6) is 0.601. The second kappa shape index (κ2) is 5.25. The molecule has 4 heteroatoms. The van der Waals surface area contributed by atoms with E-state index >= 15 is 0 Å². The van der Waals surface area contributed by atoms with E-state index in [1.807, 2.05) is 42.5 Å². The number of nitro benzene ring substituents is 1. The van der Waals surface area contributed by atoms with E-state index < -0.39 is 0 Å². The number of fused-ring (bicyclic) bond motifs is 1. The predicted molar refractivity (Wildman–Crippen MR) is 82.6 cm³/mol. The van der Waals surface area contributed by atoms with Crippen molar-refractivity contribution in [2.45, 2.75) is 0 Å². The van der Waals surface area contributed by atoms with Gasteiger partial charge in [0, 0.05) is 6.07 Å². The zero-order chi connectivity index (χ0) is 14.8. The lowest BCUT2D eigenvalue weighted by Gasteiger charge is -2.07. The lowest BCUT2D eigenvalue weighted by molar-refractivity contribution is -0.384. The van der Waals surface area contributed by atoms with Crippen molar-refractivity contribution in [1.29, 1.82) is 0 Å². The van der Waals surface area contributed by atoms with Crippen LogP contribution in [0, 0.1) is 10.1 Å². The number of methoxy groups -OCH3 is 1. The summed E-state index contributed by atoms with van der Waals surface area (Å²) >= 11 is 0. The second-order valence-electron chi connectivity index (χ2n) is 4.70. The van der Waals surface area contributed by atoms with E-state index in [2.05, 4.69) is 0 Å². The number of benzene rings is 3. The molecule has 0 aliphatic carbocycles. The summed E-state index contributed by atoms with van der Waals surface area (Å²) in [6.45, 7) is 0. The lowest BCUT2D eigenvalue weighted by atomic mass is 10.00. The average molecular weight is 279 g/mol. The van der Waals surface area contributed by atoms with Crippen molar-refractivity contribution in [2.75, 3.05) is 7.11 Å². The van der Waals surface area contributed by atoms with Crippen molar-refractivity contribution < 1.29 is 9.66 Å². The number of hydrogen-bond acceptors (Lipinski definition) is 3. The molecule has 0 fully saturated rings. The predicted octanol–water partition coefficient (Wildman–Crippen LogP) is 4.42. The summed E-state index contributed by atoms with van der Waals surface area (Å²) in [7, 11) is 1.55. The van der Waals surface area contributed by atoms with E-state index in [4.69, 9.17) is 4.74 Å². The number of nitrogens with zero attached hydrogens (tertiary/aromatic N) is 1. The van der Waals surface area contributed by atoms with Crippen LogP contribution in [0.4, 0.5) is 5.69 Å². The first kappa shape index (κ1) is 13.1. The van der Waals surface area contributed by atoms with Crippen LogP contribution in [0.5, 0.6) is 5.75 Å². The minimum Gasteiger partial charge on any atom is -0.497 e. The number of rotatable bonds is 3. The zero-order valence-electron chi connectivity index (χ0n) is 11.4. The van der Waals surface area contributed by atoms with Crippen molar-refractivity contribution in [3.8, 4) is 16.9 Å². The molecule has 0 saturated carbocycles. The Hall–Kier alpha value is -2.88. The fourth-order valence-corrected chi connectivity index (χ4v) is 2.39. The van der Waals surface area contributed by atoms with Gasteiger partial charge in [0.2, 0.25) is 0 Å². The van der Waals surface area contributed by atoms with Crippen LogP contribution in [-0.4, -0.2) is 12.0 Å². The molecule has 104 valence electrons. The van der Waals surface area contributed by atoms with Crippen molar-refractivity contribution in [1.82, 2.24) is 0 Å². The third kappa shape index (κ3) is 2.43. The van der Waals surface area contributed by atoms with Gasteiger partial charge in [0.1, 0.15) is 5.75 Å². The van der Waals surface area contributed by atoms with Crippen LogP contribution < -0.4 is 4.74 Å². The first-order valence-electron chi connectivity index (χ1n) is 6.50. The third-order valence-electron chi connectivity index (χ3n) is 3.46. The Morgan fingerprint density at radius 2 is 1.71 bits per heavy atom. The zero-order valence-corrected chi connectivity index (χ0v) is 11.4. The minimum atomic E-state index is -0.371. The molecule has 3 aromatic carbocycles. The van der Waals surface area contributed by atoms with Gasteiger partial charge in [-0.15, -0.1) is 0 Å². The second-order valence-corrected chi connectivity index (χ2v) is 4.70. The number of hydrogen-bond donors (Lipinski definition) is 0. The van der Waals surface area contributed by atoms with Gasteiger partial charge in [0.25, 0.3) is 5.69 Å². The Labute approximate surface area is 121 Å². The smallest absolute Gasteiger partial charge is 0.277 e. The molecule has 0 spiro atoms. The van der Waals surface area contributed by atoms with Crippen LogP contribution in [0.15, 0.2) is 60.7 Å². The van der Waals surface area contributed by atoms with Gasteiger partial charge >= 0.3 is 0 Å². The summed E-state index contributed by atoms with van der Waals surface area (Å²) in [6.07, 6.45) is 0. The van der Waals surface area contributed by atoms with E-state index in [0.29, 0.717) is 11.3 Å². The largest absolute Gasteiger partial charge is 0.497 e. The summed E-state index contributed by atoms with van der Waals surface area (Å²) in [5.41, 5.74) is 1.44. The van der Waals surface area contributed by atoms with Gasteiger partial charge in [-0.05, 0) is 34.5 Å². The Morgan fingerprint density at radius 1 is 0.952 bits per heavy atom. The molecule has 0 unspecified atom stereocenters. The van der Waals surface area contributed by atoms with Crippen molar-refractivity contribution in [3.63, 3.8) is 0 Å². The van der Waals surface area contributed by atoms with Gasteiger partial charge in [-0.3, -0.25) is 10.1 Å². The Kier molecular flexibility index (Phi) is 3.28. The molecule has 0 aliphatic rings. The van der Waals surface area contributed by atoms with Crippen LogP contribution >= 0.6 is 0 Å². The van der Waals surface area contributed by atoms with Crippen LogP contribution in [-0.2, 0) is 0 Å². The summed E-state index contributed by atoms with van der Waals surface area (Å²) < 4.78 is 5.18. The molecule has 0 saturated heterocycles. The molecule has 0 heterocycles. The summed E-state index contributed by atoms with van der Waals surface area (Å²) in [4.78, 5) is 10.9. The van der Waals surface area contributed by atoms with Crippen LogP contribution in [0.2, 0.25) is 0 Å². The molecule has 0 N–H and O–H groups in total. The highest BCUT2D eigenvalue weighted by Crippen LogP contribution is 2.34. The van der Waals surface area contributed by atoms with E-state index in [0.717, 1.165) is 16.3 Å². The van der Waals surface area contributed by atoms with Crippen LogP contribution in [0.3, 0.4) is 0 Å². The maximum Gasteiger partial charge on any atom is 0.277 e. The van der Waals surface area contributed by atoms with Crippen LogP contribution in [0.1, 0.15) is 0 Å². The Bertz CT molecular complexity index is 827. The maximum atomic E-state index is 11.2. The van der Waals surface area contributed by atoms with Crippen LogP contribution in [0.25, 0.3) is 21.9 Å². The molecule has 0 amide bonds. The monoisotopic (exact) mass is 279 g/mol. The van der Waals surface area contributed by atoms with Gasteiger partial charge in [-0.1, -0.05) is 36.4 Å². The quantitative estimate of drug-likeness (QED) is 0.526. The molecule has 4 nitrogen and oxygen atoms in total. The van der Waals surface area contributed by atoms with Gasteiger partial charge in [-0.25, -0.2) is 0 Å². The molecule has 0 radical (unpaired) electrons. The normalized spacial score (nSPS) is 10.5. The lowest BCUT2D eigenvalue weighted by Crippen LogP contribution is -1.93. The summed E-state index contributed by atoms with van der Waals surface area (Å²) in [5, 5.41) is 13.4. The van der Waals surface area contributed by atoms with Gasteiger partial charge < -0.3 is 4.74 Å². The van der Waals surface area contributed by atoms with E-state index in [1.54, 1.807) is 19.2 Å². The average Bonchev–Trinajstić information content (AvgIpc) is 2.53. The molecule has 0 bridgehead atoms. The van der Waals surface area contributed by atoms with E-state index in [1.165, 1.54) is 6.07 Å². The Balaban J connectivity index is 2.22. The fraction of sp³-hybridized carbons (Fsp3) is 0.0588. The van der Waals surface area contributed by atoms with Crippen molar-refractivity contribution >= 4 is 16.5 Å². The highest BCUT2D eigenvalue weighted by atomic mass is 16.6. The molecular weight excluding hydrogens is 266 g/mol. The Morgan fingerprint density at radius 3 is 2.43 bits per heavy atom. The summed E-state index contributed by atoms with van der Waals surface area (Å²) in [6, 6.07) is 18.5. The number of nitro groups is 1. The number of ether oxygens (including phenoxy) is 1. The van der Waals surface area contributed by atoms with Gasteiger partial charge in [0.05, 0.1) is 17.6 Å². The highest BCUT2D eigenvalue weighted by Gasteiger charge is 2.16. The van der Waals surface area contributed by atoms with E-state index in [-0.39, 0.29) is 10.6 Å².